The maximum atomic E-state index is 9.51. The zero-order chi connectivity index (χ0) is 17.5. The Hall–Kier alpha value is -0.690. The first kappa shape index (κ1) is 19.1. The fraction of sp³-hybridized carbons (Fsp3) is 0.789. The third-order valence-corrected chi connectivity index (χ3v) is 6.21. The molecule has 1 atom stereocenters. The third kappa shape index (κ3) is 5.64. The van der Waals surface area contributed by atoms with Crippen LogP contribution in [0.25, 0.3) is 0 Å². The lowest BCUT2D eigenvalue weighted by Gasteiger charge is -2.43. The molecule has 0 unspecified atom stereocenters. The zero-order valence-electron chi connectivity index (χ0n) is 15.4. The van der Waals surface area contributed by atoms with Crippen LogP contribution in [0, 0.1) is 5.92 Å². The van der Waals surface area contributed by atoms with Crippen LogP contribution in [0.3, 0.4) is 0 Å². The van der Waals surface area contributed by atoms with Gasteiger partial charge >= 0.3 is 0 Å². The largest absolute Gasteiger partial charge is 0.396 e. The van der Waals surface area contributed by atoms with Gasteiger partial charge in [-0.15, -0.1) is 0 Å². The highest BCUT2D eigenvalue weighted by Gasteiger charge is 2.28. The highest BCUT2D eigenvalue weighted by Crippen LogP contribution is 2.26. The lowest BCUT2D eigenvalue weighted by molar-refractivity contribution is 0.0399. The SMILES string of the molecule is CSc1ncc(CN2CCN(CC3CCCCC3)[C@@H](CCO)C2)cn1. The third-order valence-electron chi connectivity index (χ3n) is 5.64. The monoisotopic (exact) mass is 364 g/mol. The van der Waals surface area contributed by atoms with Crippen molar-refractivity contribution in [2.24, 2.45) is 5.92 Å². The van der Waals surface area contributed by atoms with Crippen molar-refractivity contribution in [1.82, 2.24) is 19.8 Å². The predicted molar refractivity (Wildman–Crippen MR) is 103 cm³/mol. The summed E-state index contributed by atoms with van der Waals surface area (Å²) in [6.07, 6.45) is 13.8. The van der Waals surface area contributed by atoms with Crippen molar-refractivity contribution in [2.45, 2.75) is 56.3 Å². The van der Waals surface area contributed by atoms with Crippen LogP contribution >= 0.6 is 11.8 Å². The number of thioether (sulfide) groups is 1. The molecule has 1 saturated carbocycles. The van der Waals surface area contributed by atoms with Gasteiger partial charge in [-0.25, -0.2) is 9.97 Å². The number of hydrogen-bond acceptors (Lipinski definition) is 6. The van der Waals surface area contributed by atoms with Crippen molar-refractivity contribution < 1.29 is 5.11 Å². The zero-order valence-corrected chi connectivity index (χ0v) is 16.3. The molecule has 1 aliphatic heterocycles. The molecule has 3 rings (SSSR count). The molecule has 2 heterocycles. The summed E-state index contributed by atoms with van der Waals surface area (Å²) < 4.78 is 0. The lowest BCUT2D eigenvalue weighted by atomic mass is 9.88. The number of piperazine rings is 1. The molecule has 1 aliphatic carbocycles. The van der Waals surface area contributed by atoms with E-state index < -0.39 is 0 Å². The second-order valence-corrected chi connectivity index (χ2v) is 8.25. The minimum absolute atomic E-state index is 0.283. The molecule has 0 bridgehead atoms. The van der Waals surface area contributed by atoms with Crippen molar-refractivity contribution in [3.05, 3.63) is 18.0 Å². The maximum Gasteiger partial charge on any atom is 0.187 e. The van der Waals surface area contributed by atoms with Gasteiger partial charge in [0.2, 0.25) is 0 Å². The minimum atomic E-state index is 0.283. The Morgan fingerprint density at radius 1 is 1.16 bits per heavy atom. The van der Waals surface area contributed by atoms with Crippen LogP contribution in [-0.2, 0) is 6.54 Å². The average molecular weight is 365 g/mol. The molecular formula is C19H32N4OS. The van der Waals surface area contributed by atoms with Crippen molar-refractivity contribution in [3.63, 3.8) is 0 Å². The second-order valence-electron chi connectivity index (χ2n) is 7.48. The standard InChI is InChI=1S/C19H32N4OS/c1-25-19-20-11-17(12-21-19)13-22-8-9-23(18(15-22)7-10-24)14-16-5-3-2-4-6-16/h11-12,16,18,24H,2-10,13-15H2,1H3/t18-/m0/s1. The highest BCUT2D eigenvalue weighted by atomic mass is 32.2. The Bertz CT molecular complexity index is 507. The summed E-state index contributed by atoms with van der Waals surface area (Å²) in [6.45, 7) is 5.67. The molecule has 5 nitrogen and oxygen atoms in total. The molecular weight excluding hydrogens is 332 g/mol. The number of rotatable bonds is 7. The van der Waals surface area contributed by atoms with E-state index in [1.807, 2.05) is 18.6 Å². The summed E-state index contributed by atoms with van der Waals surface area (Å²) in [5.41, 5.74) is 1.18. The maximum absolute atomic E-state index is 9.51. The van der Waals surface area contributed by atoms with E-state index in [4.69, 9.17) is 0 Å². The van der Waals surface area contributed by atoms with Gasteiger partial charge in [-0.2, -0.15) is 0 Å². The Labute approximate surface area is 156 Å². The Morgan fingerprint density at radius 3 is 2.60 bits per heavy atom. The molecule has 1 saturated heterocycles. The van der Waals surface area contributed by atoms with E-state index in [0.29, 0.717) is 6.04 Å². The summed E-state index contributed by atoms with van der Waals surface area (Å²) in [5.74, 6) is 0.869. The molecule has 1 N–H and O–H groups in total. The van der Waals surface area contributed by atoms with E-state index >= 15 is 0 Å². The second kappa shape index (κ2) is 9.86. The van der Waals surface area contributed by atoms with Gasteiger partial charge in [-0.1, -0.05) is 31.0 Å². The molecule has 1 aromatic rings. The van der Waals surface area contributed by atoms with E-state index in [9.17, 15) is 5.11 Å². The van der Waals surface area contributed by atoms with Crippen molar-refractivity contribution >= 4 is 11.8 Å². The molecule has 0 aromatic carbocycles. The number of nitrogens with zero attached hydrogens (tertiary/aromatic N) is 4. The van der Waals surface area contributed by atoms with Gasteiger partial charge in [0, 0.05) is 63.3 Å². The Morgan fingerprint density at radius 2 is 1.92 bits per heavy atom. The van der Waals surface area contributed by atoms with Crippen LogP contribution in [-0.4, -0.2) is 70.0 Å². The highest BCUT2D eigenvalue weighted by molar-refractivity contribution is 7.98. The molecule has 2 fully saturated rings. The Balaban J connectivity index is 1.54. The van der Waals surface area contributed by atoms with E-state index in [-0.39, 0.29) is 6.61 Å². The summed E-state index contributed by atoms with van der Waals surface area (Å²) >= 11 is 1.58. The first-order chi connectivity index (χ1) is 12.3. The summed E-state index contributed by atoms with van der Waals surface area (Å²) in [6, 6.07) is 0.479. The molecule has 6 heteroatoms. The minimum Gasteiger partial charge on any atom is -0.396 e. The summed E-state index contributed by atoms with van der Waals surface area (Å²) in [4.78, 5) is 13.9. The fourth-order valence-electron chi connectivity index (χ4n) is 4.25. The van der Waals surface area contributed by atoms with E-state index in [1.54, 1.807) is 11.8 Å². The van der Waals surface area contributed by atoms with Crippen LogP contribution in [0.2, 0.25) is 0 Å². The summed E-state index contributed by atoms with van der Waals surface area (Å²) in [7, 11) is 0. The van der Waals surface area contributed by atoms with Crippen LogP contribution in [0.5, 0.6) is 0 Å². The normalized spacial score (nSPS) is 23.8. The van der Waals surface area contributed by atoms with Gasteiger partial charge < -0.3 is 5.11 Å². The van der Waals surface area contributed by atoms with Gasteiger partial charge in [0.15, 0.2) is 5.16 Å². The van der Waals surface area contributed by atoms with Crippen molar-refractivity contribution in [2.75, 3.05) is 39.0 Å². The van der Waals surface area contributed by atoms with Crippen LogP contribution < -0.4 is 0 Å². The molecule has 140 valence electrons. The molecule has 1 aromatic heterocycles. The Kier molecular flexibility index (Phi) is 7.52. The number of aliphatic hydroxyl groups is 1. The molecule has 0 spiro atoms. The predicted octanol–water partition coefficient (Wildman–Crippen LogP) is 2.65. The van der Waals surface area contributed by atoms with Gasteiger partial charge in [0.25, 0.3) is 0 Å². The van der Waals surface area contributed by atoms with Gasteiger partial charge in [0.05, 0.1) is 0 Å². The number of aromatic nitrogens is 2. The van der Waals surface area contributed by atoms with Gasteiger partial charge in [0.1, 0.15) is 0 Å². The number of aliphatic hydroxyl groups excluding tert-OH is 1. The van der Waals surface area contributed by atoms with E-state index in [2.05, 4.69) is 19.8 Å². The smallest absolute Gasteiger partial charge is 0.187 e. The first-order valence-corrected chi connectivity index (χ1v) is 10.9. The first-order valence-electron chi connectivity index (χ1n) is 9.70. The molecule has 0 amide bonds. The van der Waals surface area contributed by atoms with E-state index in [0.717, 1.165) is 43.7 Å². The fourth-order valence-corrected chi connectivity index (χ4v) is 4.57. The van der Waals surface area contributed by atoms with Gasteiger partial charge in [-0.3, -0.25) is 9.80 Å². The van der Waals surface area contributed by atoms with Crippen molar-refractivity contribution in [1.29, 1.82) is 0 Å². The lowest BCUT2D eigenvalue weighted by Crippen LogP contribution is -2.54. The molecule has 0 radical (unpaired) electrons. The van der Waals surface area contributed by atoms with Gasteiger partial charge in [-0.05, 0) is 31.4 Å². The summed E-state index contributed by atoms with van der Waals surface area (Å²) in [5, 5.41) is 10.3. The van der Waals surface area contributed by atoms with Crippen molar-refractivity contribution in [3.8, 4) is 0 Å². The molecule has 25 heavy (non-hydrogen) atoms. The quantitative estimate of drug-likeness (QED) is 0.593. The van der Waals surface area contributed by atoms with E-state index in [1.165, 1.54) is 44.2 Å². The van der Waals surface area contributed by atoms with Crippen LogP contribution in [0.1, 0.15) is 44.1 Å². The van der Waals surface area contributed by atoms with Crippen LogP contribution in [0.15, 0.2) is 17.6 Å². The molecule has 2 aliphatic rings. The number of hydrogen-bond donors (Lipinski definition) is 1. The average Bonchev–Trinajstić information content (AvgIpc) is 2.65. The van der Waals surface area contributed by atoms with Crippen LogP contribution in [0.4, 0.5) is 0 Å². The topological polar surface area (TPSA) is 52.5 Å².